The summed E-state index contributed by atoms with van der Waals surface area (Å²) in [4.78, 5) is 39.4. The summed E-state index contributed by atoms with van der Waals surface area (Å²) in [6.45, 7) is 8.08. The van der Waals surface area contributed by atoms with Crippen LogP contribution in [0.15, 0.2) is 77.5 Å². The second-order valence-electron chi connectivity index (χ2n) is 8.91. The second kappa shape index (κ2) is 9.76. The lowest BCUT2D eigenvalue weighted by molar-refractivity contribution is -0.120. The molecule has 0 unspecified atom stereocenters. The number of halogens is 1. The van der Waals surface area contributed by atoms with E-state index in [4.69, 9.17) is 11.6 Å². The molecule has 1 heterocycles. The third-order valence-electron chi connectivity index (χ3n) is 5.74. The molecule has 0 aliphatic carbocycles. The lowest BCUT2D eigenvalue weighted by Gasteiger charge is -2.16. The smallest absolute Gasteiger partial charge is 0.283 e. The fourth-order valence-electron chi connectivity index (χ4n) is 3.95. The van der Waals surface area contributed by atoms with Crippen LogP contribution in [0.25, 0.3) is 0 Å². The molecule has 0 fully saturated rings. The Hall–Kier alpha value is -3.90. The maximum absolute atomic E-state index is 13.0. The van der Waals surface area contributed by atoms with Gasteiger partial charge < -0.3 is 10.6 Å². The molecular weight excluding hydrogens is 462 g/mol. The van der Waals surface area contributed by atoms with Crippen molar-refractivity contribution < 1.29 is 14.4 Å². The normalized spacial score (nSPS) is 13.6. The van der Waals surface area contributed by atoms with E-state index in [9.17, 15) is 14.4 Å². The second-order valence-corrected chi connectivity index (χ2v) is 9.29. The highest BCUT2D eigenvalue weighted by Gasteiger charge is 2.39. The zero-order chi connectivity index (χ0) is 25.3. The summed E-state index contributed by atoms with van der Waals surface area (Å²) in [5, 5.41) is 5.65. The van der Waals surface area contributed by atoms with Crippen molar-refractivity contribution in [3.05, 3.63) is 99.7 Å². The number of hydrogen-bond acceptors (Lipinski definition) is 4. The van der Waals surface area contributed by atoms with Gasteiger partial charge in [-0.1, -0.05) is 43.6 Å². The minimum atomic E-state index is -0.582. The SMILES string of the molecule is Cc1cc(C)cc(NC(=O)c2ccc(NC3=C(Cl)C(=O)N(c4ccc(C(C)C)cc4)C3=O)cc2)c1. The van der Waals surface area contributed by atoms with Crippen molar-refractivity contribution in [2.24, 2.45) is 0 Å². The van der Waals surface area contributed by atoms with E-state index in [1.165, 1.54) is 0 Å². The van der Waals surface area contributed by atoms with Crippen molar-refractivity contribution in [2.75, 3.05) is 15.5 Å². The van der Waals surface area contributed by atoms with Gasteiger partial charge in [0.2, 0.25) is 0 Å². The number of carbonyl (C=O) groups excluding carboxylic acids is 3. The van der Waals surface area contributed by atoms with Crippen molar-refractivity contribution in [3.63, 3.8) is 0 Å². The van der Waals surface area contributed by atoms with Crippen molar-refractivity contribution >= 4 is 46.4 Å². The van der Waals surface area contributed by atoms with Crippen molar-refractivity contribution in [1.82, 2.24) is 0 Å². The van der Waals surface area contributed by atoms with E-state index >= 15 is 0 Å². The van der Waals surface area contributed by atoms with Crippen LogP contribution in [0.3, 0.4) is 0 Å². The summed E-state index contributed by atoms with van der Waals surface area (Å²) >= 11 is 6.24. The molecule has 178 valence electrons. The zero-order valence-corrected chi connectivity index (χ0v) is 20.7. The van der Waals surface area contributed by atoms with Gasteiger partial charge in [0.1, 0.15) is 10.7 Å². The first kappa shape index (κ1) is 24.2. The molecule has 1 aliphatic rings. The van der Waals surface area contributed by atoms with E-state index in [1.54, 1.807) is 36.4 Å². The predicted molar refractivity (Wildman–Crippen MR) is 140 cm³/mol. The Bertz CT molecular complexity index is 1320. The van der Waals surface area contributed by atoms with Crippen LogP contribution in [0.5, 0.6) is 0 Å². The van der Waals surface area contributed by atoms with Gasteiger partial charge in [-0.25, -0.2) is 4.90 Å². The molecular formula is C28H26ClN3O3. The minimum absolute atomic E-state index is 0.00274. The number of amides is 3. The first-order valence-electron chi connectivity index (χ1n) is 11.3. The van der Waals surface area contributed by atoms with Gasteiger partial charge in [0, 0.05) is 16.9 Å². The lowest BCUT2D eigenvalue weighted by atomic mass is 10.0. The van der Waals surface area contributed by atoms with Gasteiger partial charge >= 0.3 is 0 Å². The average Bonchev–Trinajstić information content (AvgIpc) is 3.02. The van der Waals surface area contributed by atoms with Crippen LogP contribution in [0.1, 0.15) is 46.8 Å². The highest BCUT2D eigenvalue weighted by molar-refractivity contribution is 6.53. The topological polar surface area (TPSA) is 78.5 Å². The molecule has 7 heteroatoms. The van der Waals surface area contributed by atoms with E-state index in [-0.39, 0.29) is 16.6 Å². The largest absolute Gasteiger partial charge is 0.350 e. The summed E-state index contributed by atoms with van der Waals surface area (Å²) in [5.74, 6) is -1.03. The van der Waals surface area contributed by atoms with E-state index in [1.807, 2.05) is 44.2 Å². The molecule has 3 amide bonds. The Morgan fingerprint density at radius 3 is 2.00 bits per heavy atom. The van der Waals surface area contributed by atoms with Crippen molar-refractivity contribution in [1.29, 1.82) is 0 Å². The molecule has 0 bridgehead atoms. The van der Waals surface area contributed by atoms with Crippen molar-refractivity contribution in [2.45, 2.75) is 33.6 Å². The monoisotopic (exact) mass is 487 g/mol. The standard InChI is InChI=1S/C28H26ClN3O3/c1-16(2)19-7-11-23(12-8-19)32-27(34)24(29)25(28(32)35)30-21-9-5-20(6-10-21)26(33)31-22-14-17(3)13-18(4)15-22/h5-16,30H,1-4H3,(H,31,33). The fraction of sp³-hybridized carbons (Fsp3) is 0.179. The van der Waals surface area contributed by atoms with Crippen molar-refractivity contribution in [3.8, 4) is 0 Å². The molecule has 3 aromatic carbocycles. The highest BCUT2D eigenvalue weighted by Crippen LogP contribution is 2.31. The Labute approximate surface area is 209 Å². The Morgan fingerprint density at radius 2 is 1.43 bits per heavy atom. The predicted octanol–water partition coefficient (Wildman–Crippen LogP) is 6.11. The van der Waals surface area contributed by atoms with Crippen LogP contribution < -0.4 is 15.5 Å². The summed E-state index contributed by atoms with van der Waals surface area (Å²) in [6, 6.07) is 19.7. The first-order valence-corrected chi connectivity index (χ1v) is 11.7. The maximum Gasteiger partial charge on any atom is 0.283 e. The molecule has 3 aromatic rings. The number of nitrogens with zero attached hydrogens (tertiary/aromatic N) is 1. The molecule has 6 nitrogen and oxygen atoms in total. The Kier molecular flexibility index (Phi) is 6.76. The number of rotatable bonds is 6. The molecule has 0 spiro atoms. The number of carbonyl (C=O) groups is 3. The zero-order valence-electron chi connectivity index (χ0n) is 20.0. The lowest BCUT2D eigenvalue weighted by Crippen LogP contribution is -2.32. The molecule has 4 rings (SSSR count). The van der Waals surface area contributed by atoms with Gasteiger partial charge in [-0.15, -0.1) is 0 Å². The van der Waals surface area contributed by atoms with Gasteiger partial charge in [-0.3, -0.25) is 14.4 Å². The van der Waals surface area contributed by atoms with Crippen LogP contribution in [0, 0.1) is 13.8 Å². The third kappa shape index (κ3) is 5.12. The van der Waals surface area contributed by atoms with Crippen LogP contribution in [-0.2, 0) is 9.59 Å². The van der Waals surface area contributed by atoms with E-state index in [0.717, 1.165) is 27.3 Å². The average molecular weight is 488 g/mol. The summed E-state index contributed by atoms with van der Waals surface area (Å²) in [5.41, 5.74) is 5.39. The number of hydrogen-bond donors (Lipinski definition) is 2. The first-order chi connectivity index (χ1) is 16.6. The van der Waals surface area contributed by atoms with Crippen LogP contribution in [0.2, 0.25) is 0 Å². The summed E-state index contributed by atoms with van der Waals surface area (Å²) in [7, 11) is 0. The summed E-state index contributed by atoms with van der Waals surface area (Å²) < 4.78 is 0. The van der Waals surface area contributed by atoms with Gasteiger partial charge in [0.25, 0.3) is 17.7 Å². The van der Waals surface area contributed by atoms with Gasteiger partial charge in [-0.05, 0) is 85.0 Å². The van der Waals surface area contributed by atoms with Crippen LogP contribution >= 0.6 is 11.6 Å². The molecule has 35 heavy (non-hydrogen) atoms. The van der Waals surface area contributed by atoms with E-state index < -0.39 is 11.8 Å². The minimum Gasteiger partial charge on any atom is -0.350 e. The van der Waals surface area contributed by atoms with Crippen LogP contribution in [-0.4, -0.2) is 17.7 Å². The number of aryl methyl sites for hydroxylation is 2. The highest BCUT2D eigenvalue weighted by atomic mass is 35.5. The molecule has 0 aromatic heterocycles. The van der Waals surface area contributed by atoms with E-state index in [0.29, 0.717) is 22.9 Å². The fourth-order valence-corrected chi connectivity index (χ4v) is 4.17. The van der Waals surface area contributed by atoms with Gasteiger partial charge in [0.15, 0.2) is 0 Å². The van der Waals surface area contributed by atoms with Gasteiger partial charge in [0.05, 0.1) is 5.69 Å². The maximum atomic E-state index is 13.0. The number of nitrogens with one attached hydrogen (secondary N) is 2. The number of benzene rings is 3. The molecule has 0 saturated carbocycles. The third-order valence-corrected chi connectivity index (χ3v) is 6.09. The number of imide groups is 1. The molecule has 0 saturated heterocycles. The number of anilines is 3. The van der Waals surface area contributed by atoms with Crippen LogP contribution in [0.4, 0.5) is 17.1 Å². The Morgan fingerprint density at radius 1 is 0.829 bits per heavy atom. The Balaban J connectivity index is 1.47. The summed E-state index contributed by atoms with van der Waals surface area (Å²) in [6.07, 6.45) is 0. The quantitative estimate of drug-likeness (QED) is 0.411. The van der Waals surface area contributed by atoms with Gasteiger partial charge in [-0.2, -0.15) is 0 Å². The van der Waals surface area contributed by atoms with E-state index in [2.05, 4.69) is 24.5 Å². The molecule has 0 atom stereocenters. The molecule has 1 aliphatic heterocycles. The molecule has 2 N–H and O–H groups in total. The molecule has 0 radical (unpaired) electrons.